The summed E-state index contributed by atoms with van der Waals surface area (Å²) in [4.78, 5) is 15.7. The summed E-state index contributed by atoms with van der Waals surface area (Å²) in [6.07, 6.45) is 2.42. The first-order valence-corrected chi connectivity index (χ1v) is 6.14. The number of hydrogen-bond acceptors (Lipinski definition) is 2. The van der Waals surface area contributed by atoms with Crippen molar-refractivity contribution in [3.05, 3.63) is 72.3 Å². The Morgan fingerprint density at radius 1 is 1.05 bits per heavy atom. The Morgan fingerprint density at radius 3 is 2.70 bits per heavy atom. The number of benzene rings is 2. The zero-order valence-corrected chi connectivity index (χ0v) is 10.5. The maximum absolute atomic E-state index is 13.5. The van der Waals surface area contributed by atoms with Crippen LogP contribution in [0.2, 0.25) is 0 Å². The largest absolute Gasteiger partial charge is 0.321 e. The Labute approximate surface area is 115 Å². The Bertz CT molecular complexity index is 781. The Balaban J connectivity index is 1.98. The summed E-state index contributed by atoms with van der Waals surface area (Å²) >= 11 is 0. The molecule has 0 saturated heterocycles. The lowest BCUT2D eigenvalue weighted by atomic mass is 10.1. The second-order valence-corrected chi connectivity index (χ2v) is 4.34. The molecule has 0 aliphatic heterocycles. The van der Waals surface area contributed by atoms with Crippen LogP contribution >= 0.6 is 0 Å². The highest BCUT2D eigenvalue weighted by Crippen LogP contribution is 2.23. The van der Waals surface area contributed by atoms with Crippen molar-refractivity contribution in [2.45, 2.75) is 0 Å². The predicted molar refractivity (Wildman–Crippen MR) is 76.1 cm³/mol. The molecule has 3 rings (SSSR count). The van der Waals surface area contributed by atoms with Gasteiger partial charge in [0.25, 0.3) is 5.91 Å². The molecule has 0 unspecified atom stereocenters. The van der Waals surface area contributed by atoms with Crippen molar-refractivity contribution in [3.63, 3.8) is 0 Å². The number of nitrogens with zero attached hydrogens (tertiary/aromatic N) is 1. The fourth-order valence-corrected chi connectivity index (χ4v) is 2.08. The first-order valence-electron chi connectivity index (χ1n) is 6.14. The van der Waals surface area contributed by atoms with Gasteiger partial charge in [-0.1, -0.05) is 36.4 Å². The predicted octanol–water partition coefficient (Wildman–Crippen LogP) is 3.63. The molecule has 4 heteroatoms. The molecule has 98 valence electrons. The number of rotatable bonds is 2. The van der Waals surface area contributed by atoms with Crippen LogP contribution in [0.15, 0.2) is 60.9 Å². The molecule has 0 bridgehead atoms. The van der Waals surface area contributed by atoms with Crippen LogP contribution in [0.5, 0.6) is 0 Å². The van der Waals surface area contributed by atoms with E-state index in [1.807, 2.05) is 36.4 Å². The zero-order valence-electron chi connectivity index (χ0n) is 10.5. The maximum Gasteiger partial charge on any atom is 0.258 e. The highest BCUT2D eigenvalue weighted by Gasteiger charge is 2.12. The lowest BCUT2D eigenvalue weighted by molar-refractivity contribution is 0.102. The van der Waals surface area contributed by atoms with Crippen LogP contribution in [0.3, 0.4) is 0 Å². The molecule has 0 fully saturated rings. The summed E-state index contributed by atoms with van der Waals surface area (Å²) < 4.78 is 13.5. The molecule has 0 spiro atoms. The van der Waals surface area contributed by atoms with Crippen molar-refractivity contribution in [3.8, 4) is 0 Å². The van der Waals surface area contributed by atoms with E-state index in [0.717, 1.165) is 17.0 Å². The Morgan fingerprint density at radius 2 is 1.85 bits per heavy atom. The molecule has 0 atom stereocenters. The third-order valence-corrected chi connectivity index (χ3v) is 3.05. The fraction of sp³-hybridized carbons (Fsp3) is 0. The lowest BCUT2D eigenvalue weighted by Gasteiger charge is -2.09. The summed E-state index contributed by atoms with van der Waals surface area (Å²) in [7, 11) is 0. The molecule has 1 aromatic heterocycles. The summed E-state index contributed by atoms with van der Waals surface area (Å²) in [5, 5.41) is 4.66. The molecule has 0 aliphatic carbocycles. The minimum Gasteiger partial charge on any atom is -0.321 e. The molecule has 2 aromatic carbocycles. The third-order valence-electron chi connectivity index (χ3n) is 3.05. The minimum atomic E-state index is -0.634. The molecular weight excluding hydrogens is 255 g/mol. The van der Waals surface area contributed by atoms with Gasteiger partial charge in [0.2, 0.25) is 0 Å². The normalized spacial score (nSPS) is 10.4. The molecule has 0 aliphatic rings. The smallest absolute Gasteiger partial charge is 0.258 e. The van der Waals surface area contributed by atoms with E-state index < -0.39 is 11.7 Å². The number of hydrogen-bond donors (Lipinski definition) is 1. The van der Waals surface area contributed by atoms with Crippen LogP contribution in [0.25, 0.3) is 10.8 Å². The average Bonchev–Trinajstić information content (AvgIpc) is 2.48. The van der Waals surface area contributed by atoms with E-state index in [0.29, 0.717) is 5.69 Å². The zero-order chi connectivity index (χ0) is 13.9. The van der Waals surface area contributed by atoms with Gasteiger partial charge < -0.3 is 5.32 Å². The van der Waals surface area contributed by atoms with Gasteiger partial charge in [-0.05, 0) is 17.5 Å². The van der Waals surface area contributed by atoms with Gasteiger partial charge >= 0.3 is 0 Å². The van der Waals surface area contributed by atoms with Crippen molar-refractivity contribution >= 4 is 22.4 Å². The van der Waals surface area contributed by atoms with E-state index in [2.05, 4.69) is 10.3 Å². The van der Waals surface area contributed by atoms with E-state index >= 15 is 0 Å². The van der Waals surface area contributed by atoms with Crippen molar-refractivity contribution in [1.82, 2.24) is 4.98 Å². The van der Waals surface area contributed by atoms with Gasteiger partial charge in [0, 0.05) is 17.3 Å². The second-order valence-electron chi connectivity index (χ2n) is 4.34. The Kier molecular flexibility index (Phi) is 3.13. The molecule has 0 saturated carbocycles. The summed E-state index contributed by atoms with van der Waals surface area (Å²) in [5.41, 5.74) is 0.636. The molecule has 1 N–H and O–H groups in total. The molecule has 1 amide bonds. The standard InChI is InChI=1S/C16H11FN2O/c17-14-10-18-9-8-13(14)16(20)19-15-7-3-5-11-4-1-2-6-12(11)15/h1-10H,(H,19,20). The number of aromatic nitrogens is 1. The number of fused-ring (bicyclic) bond motifs is 1. The monoisotopic (exact) mass is 266 g/mol. The van der Waals surface area contributed by atoms with Crippen LogP contribution in [0.1, 0.15) is 10.4 Å². The molecular formula is C16H11FN2O. The van der Waals surface area contributed by atoms with Gasteiger partial charge in [-0.2, -0.15) is 0 Å². The van der Waals surface area contributed by atoms with E-state index in [4.69, 9.17) is 0 Å². The molecule has 3 aromatic rings. The fourth-order valence-electron chi connectivity index (χ4n) is 2.08. The van der Waals surface area contributed by atoms with Crippen molar-refractivity contribution in [2.75, 3.05) is 5.32 Å². The van der Waals surface area contributed by atoms with Crippen LogP contribution in [-0.2, 0) is 0 Å². The van der Waals surface area contributed by atoms with Gasteiger partial charge in [-0.15, -0.1) is 0 Å². The van der Waals surface area contributed by atoms with E-state index in [1.54, 1.807) is 6.07 Å². The van der Waals surface area contributed by atoms with Crippen LogP contribution in [0.4, 0.5) is 10.1 Å². The second kappa shape index (κ2) is 5.09. The third kappa shape index (κ3) is 2.23. The van der Waals surface area contributed by atoms with Gasteiger partial charge in [-0.3, -0.25) is 9.78 Å². The summed E-state index contributed by atoms with van der Waals surface area (Å²) in [6, 6.07) is 14.6. The number of nitrogens with one attached hydrogen (secondary N) is 1. The van der Waals surface area contributed by atoms with Crippen molar-refractivity contribution in [2.24, 2.45) is 0 Å². The quantitative estimate of drug-likeness (QED) is 0.769. The lowest BCUT2D eigenvalue weighted by Crippen LogP contribution is -2.14. The van der Waals surface area contributed by atoms with Crippen LogP contribution in [0, 0.1) is 5.82 Å². The average molecular weight is 266 g/mol. The van der Waals surface area contributed by atoms with Gasteiger partial charge in [0.1, 0.15) is 0 Å². The highest BCUT2D eigenvalue weighted by atomic mass is 19.1. The van der Waals surface area contributed by atoms with Crippen LogP contribution < -0.4 is 5.32 Å². The number of carbonyl (C=O) groups is 1. The number of pyridine rings is 1. The molecule has 20 heavy (non-hydrogen) atoms. The number of anilines is 1. The number of carbonyl (C=O) groups excluding carboxylic acids is 1. The summed E-state index contributed by atoms with van der Waals surface area (Å²) in [6.45, 7) is 0. The van der Waals surface area contributed by atoms with Gasteiger partial charge in [-0.25, -0.2) is 4.39 Å². The number of amides is 1. The van der Waals surface area contributed by atoms with E-state index in [1.165, 1.54) is 12.3 Å². The SMILES string of the molecule is O=C(Nc1cccc2ccccc12)c1ccncc1F. The van der Waals surface area contributed by atoms with Crippen LogP contribution in [-0.4, -0.2) is 10.9 Å². The van der Waals surface area contributed by atoms with Crippen molar-refractivity contribution < 1.29 is 9.18 Å². The Hall–Kier alpha value is -2.75. The summed E-state index contributed by atoms with van der Waals surface area (Å²) in [5.74, 6) is -1.12. The molecule has 1 heterocycles. The number of halogens is 1. The van der Waals surface area contributed by atoms with E-state index in [9.17, 15) is 9.18 Å². The van der Waals surface area contributed by atoms with E-state index in [-0.39, 0.29) is 5.56 Å². The van der Waals surface area contributed by atoms with Gasteiger partial charge in [0.15, 0.2) is 5.82 Å². The molecule has 0 radical (unpaired) electrons. The van der Waals surface area contributed by atoms with Gasteiger partial charge in [0.05, 0.1) is 11.8 Å². The first kappa shape index (κ1) is 12.3. The highest BCUT2D eigenvalue weighted by molar-refractivity contribution is 6.09. The topological polar surface area (TPSA) is 42.0 Å². The minimum absolute atomic E-state index is 0.0204. The van der Waals surface area contributed by atoms with Crippen molar-refractivity contribution in [1.29, 1.82) is 0 Å². The first-order chi connectivity index (χ1) is 9.75. The maximum atomic E-state index is 13.5. The molecule has 3 nitrogen and oxygen atoms in total.